The van der Waals surface area contributed by atoms with Crippen molar-refractivity contribution in [3.8, 4) is 0 Å². The van der Waals surface area contributed by atoms with Gasteiger partial charge in [0.25, 0.3) is 0 Å². The molecule has 21 heavy (non-hydrogen) atoms. The third kappa shape index (κ3) is 4.80. The molecule has 4 nitrogen and oxygen atoms in total. The molecule has 1 atom stereocenters. The van der Waals surface area contributed by atoms with Crippen molar-refractivity contribution in [3.63, 3.8) is 0 Å². The standard InChI is InChI=1S/C16H24N2O2S/c1-12(15-5-6-15)18-21(19,20)11-14-4-2-3-13(9-14)10-17-16-7-8-16/h2-4,9,12,15-18H,5-8,10-11H2,1H3. The summed E-state index contributed by atoms with van der Waals surface area (Å²) in [7, 11) is -3.24. The lowest BCUT2D eigenvalue weighted by atomic mass is 10.1. The van der Waals surface area contributed by atoms with E-state index in [1.54, 1.807) is 0 Å². The molecule has 3 rings (SSSR count). The molecule has 0 spiro atoms. The van der Waals surface area contributed by atoms with Crippen molar-refractivity contribution in [2.45, 2.75) is 57.0 Å². The molecule has 0 aromatic heterocycles. The van der Waals surface area contributed by atoms with Crippen LogP contribution in [0.3, 0.4) is 0 Å². The van der Waals surface area contributed by atoms with Gasteiger partial charge in [0.2, 0.25) is 10.0 Å². The Morgan fingerprint density at radius 3 is 2.57 bits per heavy atom. The molecule has 0 amide bonds. The van der Waals surface area contributed by atoms with Crippen LogP contribution in [0.15, 0.2) is 24.3 Å². The molecule has 1 aromatic rings. The fourth-order valence-corrected chi connectivity index (χ4v) is 4.08. The minimum Gasteiger partial charge on any atom is -0.310 e. The first kappa shape index (κ1) is 15.0. The van der Waals surface area contributed by atoms with E-state index in [4.69, 9.17) is 0 Å². The fraction of sp³-hybridized carbons (Fsp3) is 0.625. The number of sulfonamides is 1. The molecule has 2 saturated carbocycles. The molecular formula is C16H24N2O2S. The maximum absolute atomic E-state index is 12.2. The van der Waals surface area contributed by atoms with Gasteiger partial charge in [-0.05, 0) is 49.7 Å². The summed E-state index contributed by atoms with van der Waals surface area (Å²) in [4.78, 5) is 0. The van der Waals surface area contributed by atoms with Crippen LogP contribution in [0.2, 0.25) is 0 Å². The summed E-state index contributed by atoms with van der Waals surface area (Å²) in [6.07, 6.45) is 4.81. The normalized spacial score (nSPS) is 20.4. The summed E-state index contributed by atoms with van der Waals surface area (Å²) in [5, 5.41) is 3.45. The van der Waals surface area contributed by atoms with Gasteiger partial charge in [0, 0.05) is 18.6 Å². The lowest BCUT2D eigenvalue weighted by Crippen LogP contribution is -2.34. The molecule has 0 radical (unpaired) electrons. The van der Waals surface area contributed by atoms with Crippen LogP contribution in [-0.2, 0) is 22.3 Å². The van der Waals surface area contributed by atoms with Crippen molar-refractivity contribution in [1.29, 1.82) is 0 Å². The summed E-state index contributed by atoms with van der Waals surface area (Å²) in [6, 6.07) is 8.61. The molecule has 2 aliphatic rings. The van der Waals surface area contributed by atoms with Gasteiger partial charge in [-0.1, -0.05) is 24.3 Å². The first-order valence-electron chi connectivity index (χ1n) is 7.83. The van der Waals surface area contributed by atoms with Gasteiger partial charge in [0.05, 0.1) is 5.75 Å². The predicted octanol–water partition coefficient (Wildman–Crippen LogP) is 2.16. The van der Waals surface area contributed by atoms with Gasteiger partial charge in [-0.15, -0.1) is 0 Å². The van der Waals surface area contributed by atoms with Gasteiger partial charge in [-0.2, -0.15) is 0 Å². The second-order valence-corrected chi connectivity index (χ2v) is 8.23. The highest BCUT2D eigenvalue weighted by Gasteiger charge is 2.30. The topological polar surface area (TPSA) is 58.2 Å². The Morgan fingerprint density at radius 1 is 1.19 bits per heavy atom. The van der Waals surface area contributed by atoms with E-state index in [2.05, 4.69) is 10.0 Å². The fourth-order valence-electron chi connectivity index (χ4n) is 2.62. The van der Waals surface area contributed by atoms with Crippen molar-refractivity contribution in [2.24, 2.45) is 5.92 Å². The van der Waals surface area contributed by atoms with Crippen molar-refractivity contribution in [3.05, 3.63) is 35.4 Å². The summed E-state index contributed by atoms with van der Waals surface area (Å²) >= 11 is 0. The average molecular weight is 308 g/mol. The zero-order valence-electron chi connectivity index (χ0n) is 12.5. The minimum absolute atomic E-state index is 0.0646. The SMILES string of the molecule is CC(NS(=O)(=O)Cc1cccc(CNC2CC2)c1)C1CC1. The summed E-state index contributed by atoms with van der Waals surface area (Å²) in [5.41, 5.74) is 2.02. The molecule has 0 saturated heterocycles. The number of rotatable bonds is 8. The van der Waals surface area contributed by atoms with Crippen LogP contribution < -0.4 is 10.0 Å². The number of benzene rings is 1. The summed E-state index contributed by atoms with van der Waals surface area (Å²) in [5.74, 6) is 0.607. The molecule has 2 aliphatic carbocycles. The molecule has 5 heteroatoms. The van der Waals surface area contributed by atoms with Crippen LogP contribution in [-0.4, -0.2) is 20.5 Å². The number of hydrogen-bond donors (Lipinski definition) is 2. The molecular weight excluding hydrogens is 284 g/mol. The Hall–Kier alpha value is -0.910. The largest absolute Gasteiger partial charge is 0.310 e. The van der Waals surface area contributed by atoms with E-state index < -0.39 is 10.0 Å². The third-order valence-corrected chi connectivity index (χ3v) is 5.66. The minimum atomic E-state index is -3.24. The molecule has 116 valence electrons. The van der Waals surface area contributed by atoms with Crippen molar-refractivity contribution >= 4 is 10.0 Å². The maximum Gasteiger partial charge on any atom is 0.216 e. The van der Waals surface area contributed by atoms with Gasteiger partial charge in [-0.3, -0.25) is 0 Å². The van der Waals surface area contributed by atoms with Crippen LogP contribution in [0.25, 0.3) is 0 Å². The Morgan fingerprint density at radius 2 is 1.90 bits per heavy atom. The van der Waals surface area contributed by atoms with Gasteiger partial charge in [0.1, 0.15) is 0 Å². The molecule has 0 bridgehead atoms. The molecule has 2 fully saturated rings. The van der Waals surface area contributed by atoms with E-state index in [1.165, 1.54) is 12.8 Å². The van der Waals surface area contributed by atoms with E-state index in [-0.39, 0.29) is 11.8 Å². The zero-order valence-corrected chi connectivity index (χ0v) is 13.3. The first-order chi connectivity index (χ1) is 10.0. The second kappa shape index (κ2) is 6.07. The summed E-state index contributed by atoms with van der Waals surface area (Å²) in [6.45, 7) is 2.79. The number of hydrogen-bond acceptors (Lipinski definition) is 3. The number of nitrogens with one attached hydrogen (secondary N) is 2. The van der Waals surface area contributed by atoms with Gasteiger partial charge in [-0.25, -0.2) is 13.1 Å². The molecule has 2 N–H and O–H groups in total. The van der Waals surface area contributed by atoms with Crippen LogP contribution in [0, 0.1) is 5.92 Å². The predicted molar refractivity (Wildman–Crippen MR) is 84.2 cm³/mol. The van der Waals surface area contributed by atoms with Gasteiger partial charge >= 0.3 is 0 Å². The van der Waals surface area contributed by atoms with Gasteiger partial charge < -0.3 is 5.32 Å². The van der Waals surface area contributed by atoms with E-state index >= 15 is 0 Å². The van der Waals surface area contributed by atoms with Crippen LogP contribution in [0.5, 0.6) is 0 Å². The lowest BCUT2D eigenvalue weighted by molar-refractivity contribution is 0.537. The maximum atomic E-state index is 12.2. The van der Waals surface area contributed by atoms with E-state index in [0.29, 0.717) is 12.0 Å². The van der Waals surface area contributed by atoms with Crippen LogP contribution >= 0.6 is 0 Å². The monoisotopic (exact) mass is 308 g/mol. The Labute approximate surface area is 127 Å². The van der Waals surface area contributed by atoms with Crippen LogP contribution in [0.1, 0.15) is 43.7 Å². The summed E-state index contributed by atoms with van der Waals surface area (Å²) < 4.78 is 27.2. The van der Waals surface area contributed by atoms with E-state index in [1.807, 2.05) is 31.2 Å². The molecule has 1 aromatic carbocycles. The van der Waals surface area contributed by atoms with Crippen LogP contribution in [0.4, 0.5) is 0 Å². The average Bonchev–Trinajstić information content (AvgIpc) is 3.27. The highest BCUT2D eigenvalue weighted by molar-refractivity contribution is 7.88. The highest BCUT2D eigenvalue weighted by Crippen LogP contribution is 2.32. The first-order valence-corrected chi connectivity index (χ1v) is 9.48. The second-order valence-electron chi connectivity index (χ2n) is 6.48. The van der Waals surface area contributed by atoms with Crippen molar-refractivity contribution in [1.82, 2.24) is 10.0 Å². The lowest BCUT2D eigenvalue weighted by Gasteiger charge is -2.13. The van der Waals surface area contributed by atoms with Gasteiger partial charge in [0.15, 0.2) is 0 Å². The zero-order chi connectivity index (χ0) is 14.9. The third-order valence-electron chi connectivity index (χ3n) is 4.21. The highest BCUT2D eigenvalue weighted by atomic mass is 32.2. The quantitative estimate of drug-likeness (QED) is 0.774. The Kier molecular flexibility index (Phi) is 4.33. The Bertz CT molecular complexity index is 592. The van der Waals surface area contributed by atoms with Crippen molar-refractivity contribution in [2.75, 3.05) is 0 Å². The Balaban J connectivity index is 1.58. The van der Waals surface area contributed by atoms with E-state index in [0.717, 1.165) is 30.5 Å². The molecule has 0 aliphatic heterocycles. The van der Waals surface area contributed by atoms with Crippen molar-refractivity contribution < 1.29 is 8.42 Å². The van der Waals surface area contributed by atoms with E-state index in [9.17, 15) is 8.42 Å². The molecule has 0 heterocycles. The smallest absolute Gasteiger partial charge is 0.216 e. The molecule has 1 unspecified atom stereocenters.